The molecule has 0 saturated heterocycles. The van der Waals surface area contributed by atoms with Crippen molar-refractivity contribution in [1.82, 2.24) is 0 Å². The summed E-state index contributed by atoms with van der Waals surface area (Å²) in [7, 11) is 2.17. The summed E-state index contributed by atoms with van der Waals surface area (Å²) in [6.07, 6.45) is 0. The second kappa shape index (κ2) is 50.7. The average molecular weight is 206 g/mol. The zero-order valence-electron chi connectivity index (χ0n) is 4.36. The fourth-order valence-corrected chi connectivity index (χ4v) is 0. The summed E-state index contributed by atoms with van der Waals surface area (Å²) in [6.45, 7) is 0. The maximum Gasteiger partial charge on any atom is 0.141 e. The van der Waals surface area contributed by atoms with E-state index in [4.69, 9.17) is 4.80 Å². The summed E-state index contributed by atoms with van der Waals surface area (Å²) >= 11 is 0. The van der Waals surface area contributed by atoms with Crippen molar-refractivity contribution in [3.05, 3.63) is 0 Å². The first kappa shape index (κ1) is 23.6. The van der Waals surface area contributed by atoms with Crippen molar-refractivity contribution >= 4 is 42.4 Å². The molecule has 0 aromatic carbocycles. The Morgan fingerprint density at radius 3 is 1.14 bits per heavy atom. The molecule has 0 atom stereocenters. The summed E-state index contributed by atoms with van der Waals surface area (Å²) in [4.78, 5) is 7.14. The summed E-state index contributed by atoms with van der Waals surface area (Å²) in [5.74, 6) is 0. The minimum absolute atomic E-state index is 0. The van der Waals surface area contributed by atoms with E-state index >= 15 is 0 Å². The van der Waals surface area contributed by atoms with E-state index in [-0.39, 0.29) is 32.7 Å². The zero-order valence-corrected chi connectivity index (χ0v) is 11.9. The van der Waals surface area contributed by atoms with Crippen molar-refractivity contribution in [3.8, 4) is 0 Å². The van der Waals surface area contributed by atoms with Crippen LogP contribution in [-0.4, -0.2) is 47.2 Å². The fraction of sp³-hybridized carbons (Fsp3) is 0. The monoisotopic (exact) mass is 206 g/mol. The Balaban J connectivity index is -0.0000000105. The van der Waals surface area contributed by atoms with Crippen LogP contribution in [0.4, 0.5) is 0 Å². The van der Waals surface area contributed by atoms with Crippen LogP contribution in [0, 0.1) is 0 Å². The second-order valence-corrected chi connectivity index (χ2v) is 3.67. The quantitative estimate of drug-likeness (QED) is 0.401. The molecule has 46 valence electrons. The van der Waals surface area contributed by atoms with Gasteiger partial charge in [-0.25, -0.2) is 0 Å². The minimum Gasteiger partial charge on any atom is -0.471 e. The van der Waals surface area contributed by atoms with Gasteiger partial charge in [0.2, 0.25) is 0 Å². The average Bonchev–Trinajstić information content (AvgIpc) is 1.46. The fourth-order valence-electron chi connectivity index (χ4n) is 0. The van der Waals surface area contributed by atoms with E-state index in [2.05, 4.69) is 4.12 Å². The van der Waals surface area contributed by atoms with Crippen molar-refractivity contribution in [2.45, 2.75) is 0 Å². The van der Waals surface area contributed by atoms with Gasteiger partial charge >= 0.3 is 0 Å². The van der Waals surface area contributed by atoms with Gasteiger partial charge in [-0.2, -0.15) is 0 Å². The van der Waals surface area contributed by atoms with Gasteiger partial charge in [0.1, 0.15) is 31.5 Å². The van der Waals surface area contributed by atoms with Crippen LogP contribution in [0.3, 0.4) is 0 Å². The zero-order chi connectivity index (χ0) is 4.71. The van der Waals surface area contributed by atoms with Crippen LogP contribution in [0.5, 0.6) is 0 Å². The molecule has 2 nitrogen and oxygen atoms in total. The van der Waals surface area contributed by atoms with E-state index in [0.717, 1.165) is 21.0 Å². The van der Waals surface area contributed by atoms with Crippen molar-refractivity contribution in [2.75, 3.05) is 0 Å². The predicted molar refractivity (Wildman–Crippen MR) is 44.5 cm³/mol. The molecule has 7 heteroatoms. The van der Waals surface area contributed by atoms with Crippen molar-refractivity contribution in [1.29, 1.82) is 0 Å². The van der Waals surface area contributed by atoms with Gasteiger partial charge in [0.05, 0.1) is 0 Å². The molecule has 0 bridgehead atoms. The molecule has 0 amide bonds. The predicted octanol–water partition coefficient (Wildman–Crippen LogP) is -5.63. The van der Waals surface area contributed by atoms with Gasteiger partial charge < -0.3 is 8.91 Å². The molecule has 0 aromatic rings. The normalized spacial score (nSPS) is 4.71. The Morgan fingerprint density at radius 2 is 1.14 bits per heavy atom. The molecular formula is H14O2Si4Ti. The molecule has 0 heterocycles. The van der Waals surface area contributed by atoms with Crippen LogP contribution < -0.4 is 0 Å². The summed E-state index contributed by atoms with van der Waals surface area (Å²) in [5.41, 5.74) is 0. The summed E-state index contributed by atoms with van der Waals surface area (Å²) in [6, 6.07) is 0. The van der Waals surface area contributed by atoms with Crippen LogP contribution in [0.15, 0.2) is 0 Å². The van der Waals surface area contributed by atoms with Gasteiger partial charge in [0.15, 0.2) is 0 Å². The van der Waals surface area contributed by atoms with E-state index in [0.29, 0.717) is 10.5 Å². The van der Waals surface area contributed by atoms with E-state index in [1.807, 2.05) is 0 Å². The number of hydrogen-bond acceptors (Lipinski definition) is 2. The molecule has 0 fully saturated rings. The Bertz CT molecular complexity index is 9.65. The van der Waals surface area contributed by atoms with E-state index in [1.54, 1.807) is 0 Å². The van der Waals surface area contributed by atoms with Crippen LogP contribution in [-0.2, 0) is 25.8 Å². The summed E-state index contributed by atoms with van der Waals surface area (Å²) < 4.78 is 4.53. The van der Waals surface area contributed by atoms with Gasteiger partial charge in [-0.1, -0.05) is 0 Å². The maximum absolute atomic E-state index is 7.14. The molecule has 0 aliphatic carbocycles. The Hall–Kier alpha value is 1.50. The SMILES string of the molecule is O[SiH3].[SiH3]O[SiH3].[SiH4].[Ti]. The molecule has 0 radical (unpaired) electrons. The van der Waals surface area contributed by atoms with Gasteiger partial charge in [-0.15, -0.1) is 0 Å². The van der Waals surface area contributed by atoms with Crippen LogP contribution in [0.2, 0.25) is 0 Å². The number of rotatable bonds is 0. The molecule has 0 aliphatic heterocycles. The molecule has 0 aliphatic rings. The third-order valence-electron chi connectivity index (χ3n) is 0. The van der Waals surface area contributed by atoms with E-state index in [1.165, 1.54) is 0 Å². The van der Waals surface area contributed by atoms with Crippen molar-refractivity contribution in [3.63, 3.8) is 0 Å². The number of hydrogen-bond donors (Lipinski definition) is 1. The van der Waals surface area contributed by atoms with Crippen LogP contribution in [0.1, 0.15) is 0 Å². The summed E-state index contributed by atoms with van der Waals surface area (Å²) in [5, 5.41) is 0. The Kier molecular flexibility index (Phi) is 171. The Morgan fingerprint density at radius 1 is 1.14 bits per heavy atom. The molecule has 0 rings (SSSR count). The molecular weight excluding hydrogens is 192 g/mol. The third kappa shape index (κ3) is 101. The van der Waals surface area contributed by atoms with Gasteiger partial charge in [-0.05, 0) is 11.0 Å². The van der Waals surface area contributed by atoms with Gasteiger partial charge in [0, 0.05) is 21.7 Å². The third-order valence-corrected chi connectivity index (χ3v) is 0. The smallest absolute Gasteiger partial charge is 0.141 e. The Labute approximate surface area is 73.0 Å². The molecule has 0 unspecified atom stereocenters. The molecule has 7 heavy (non-hydrogen) atoms. The van der Waals surface area contributed by atoms with Gasteiger partial charge in [-0.3, -0.25) is 0 Å². The molecule has 0 saturated carbocycles. The minimum atomic E-state index is 0. The first-order valence-corrected chi connectivity index (χ1v) is 3.79. The largest absolute Gasteiger partial charge is 0.471 e. The first-order chi connectivity index (χ1) is 2.41. The molecule has 0 spiro atoms. The standard InChI is InChI=1S/H6OSi2.H4OSi.H4Si.Ti/c2-1-3;1-2;;/h2-3H3;1H,2H3;1H4;. The van der Waals surface area contributed by atoms with E-state index in [9.17, 15) is 0 Å². The second-order valence-electron chi connectivity index (χ2n) is 0.408. The van der Waals surface area contributed by atoms with Crippen LogP contribution >= 0.6 is 0 Å². The topological polar surface area (TPSA) is 29.5 Å². The molecule has 1 N–H and O–H groups in total. The first-order valence-electron chi connectivity index (χ1n) is 1.26. The van der Waals surface area contributed by atoms with Crippen LogP contribution in [0.25, 0.3) is 0 Å². The molecule has 0 aromatic heterocycles. The van der Waals surface area contributed by atoms with Crippen molar-refractivity contribution < 1.29 is 30.6 Å². The maximum atomic E-state index is 7.14. The van der Waals surface area contributed by atoms with Crippen molar-refractivity contribution in [2.24, 2.45) is 0 Å². The van der Waals surface area contributed by atoms with Gasteiger partial charge in [0.25, 0.3) is 0 Å². The van der Waals surface area contributed by atoms with E-state index < -0.39 is 0 Å².